The molecule has 20 heavy (non-hydrogen) atoms. The molecule has 2 unspecified atom stereocenters. The molecule has 0 spiro atoms. The van der Waals surface area contributed by atoms with Crippen LogP contribution in [-0.2, 0) is 6.42 Å². The van der Waals surface area contributed by atoms with E-state index in [9.17, 15) is 5.11 Å². The summed E-state index contributed by atoms with van der Waals surface area (Å²) in [6.07, 6.45) is 4.58. The molecule has 3 heteroatoms. The predicted molar refractivity (Wildman–Crippen MR) is 83.9 cm³/mol. The number of hydrogen-bond donors (Lipinski definition) is 2. The Kier molecular flexibility index (Phi) is 6.51. The van der Waals surface area contributed by atoms with Gasteiger partial charge in [-0.05, 0) is 50.9 Å². The van der Waals surface area contributed by atoms with Gasteiger partial charge >= 0.3 is 0 Å². The Hall–Kier alpha value is -0.900. The first kappa shape index (κ1) is 15.5. The van der Waals surface area contributed by atoms with Crippen molar-refractivity contribution in [1.82, 2.24) is 10.2 Å². The molecule has 1 fully saturated rings. The summed E-state index contributed by atoms with van der Waals surface area (Å²) in [5.41, 5.74) is 1.29. The van der Waals surface area contributed by atoms with Gasteiger partial charge in [0.15, 0.2) is 0 Å². The van der Waals surface area contributed by atoms with Crippen LogP contribution in [0.15, 0.2) is 30.3 Å². The molecule has 2 N–H and O–H groups in total. The molecule has 0 bridgehead atoms. The van der Waals surface area contributed by atoms with Gasteiger partial charge in [-0.2, -0.15) is 0 Å². The number of nitrogens with zero attached hydrogens (tertiary/aromatic N) is 1. The summed E-state index contributed by atoms with van der Waals surface area (Å²) in [6.45, 7) is 6.00. The molecular weight excluding hydrogens is 248 g/mol. The van der Waals surface area contributed by atoms with Gasteiger partial charge in [0.2, 0.25) is 0 Å². The maximum Gasteiger partial charge on any atom is 0.0587 e. The molecule has 0 aromatic heterocycles. The van der Waals surface area contributed by atoms with Crippen LogP contribution >= 0.6 is 0 Å². The molecule has 112 valence electrons. The Morgan fingerprint density at radius 2 is 2.05 bits per heavy atom. The van der Waals surface area contributed by atoms with Crippen LogP contribution in [0.2, 0.25) is 0 Å². The fourth-order valence-electron chi connectivity index (χ4n) is 3.05. The SMILES string of the molecule is CCN1CCCC(NC(CO)Cc2ccccc2)CC1. The van der Waals surface area contributed by atoms with E-state index in [0.717, 1.165) is 13.0 Å². The van der Waals surface area contributed by atoms with Gasteiger partial charge in [-0.1, -0.05) is 37.3 Å². The third kappa shape index (κ3) is 4.89. The lowest BCUT2D eigenvalue weighted by Crippen LogP contribution is -2.42. The van der Waals surface area contributed by atoms with Gasteiger partial charge in [-0.25, -0.2) is 0 Å². The lowest BCUT2D eigenvalue weighted by molar-refractivity contribution is 0.224. The van der Waals surface area contributed by atoms with Gasteiger partial charge in [0.1, 0.15) is 0 Å². The average Bonchev–Trinajstić information content (AvgIpc) is 2.72. The average molecular weight is 276 g/mol. The van der Waals surface area contributed by atoms with Crippen LogP contribution in [0.25, 0.3) is 0 Å². The van der Waals surface area contributed by atoms with Gasteiger partial charge in [0.05, 0.1) is 6.61 Å². The molecule has 1 aliphatic rings. The maximum atomic E-state index is 9.61. The molecule has 0 radical (unpaired) electrons. The Labute approximate surface area is 123 Å². The van der Waals surface area contributed by atoms with Crippen molar-refractivity contribution in [2.45, 2.75) is 44.7 Å². The molecular formula is C17H28N2O. The third-order valence-electron chi connectivity index (χ3n) is 4.28. The van der Waals surface area contributed by atoms with Gasteiger partial charge in [-0.15, -0.1) is 0 Å². The summed E-state index contributed by atoms with van der Waals surface area (Å²) in [4.78, 5) is 2.52. The molecule has 2 atom stereocenters. The largest absolute Gasteiger partial charge is 0.395 e. The minimum atomic E-state index is 0.176. The van der Waals surface area contributed by atoms with E-state index in [1.165, 1.54) is 37.9 Å². The Morgan fingerprint density at radius 1 is 1.25 bits per heavy atom. The highest BCUT2D eigenvalue weighted by atomic mass is 16.3. The van der Waals surface area contributed by atoms with Crippen LogP contribution in [0.3, 0.4) is 0 Å². The highest BCUT2D eigenvalue weighted by molar-refractivity contribution is 5.16. The Balaban J connectivity index is 1.83. The molecule has 1 heterocycles. The number of benzene rings is 1. The van der Waals surface area contributed by atoms with Crippen molar-refractivity contribution >= 4 is 0 Å². The molecule has 1 aromatic rings. The van der Waals surface area contributed by atoms with E-state index in [1.807, 2.05) is 6.07 Å². The second-order valence-electron chi connectivity index (χ2n) is 5.80. The molecule has 0 aliphatic carbocycles. The van der Waals surface area contributed by atoms with Crippen LogP contribution in [0.4, 0.5) is 0 Å². The lowest BCUT2D eigenvalue weighted by Gasteiger charge is -2.24. The van der Waals surface area contributed by atoms with Crippen molar-refractivity contribution < 1.29 is 5.11 Å². The molecule has 3 nitrogen and oxygen atoms in total. The van der Waals surface area contributed by atoms with Gasteiger partial charge in [0.25, 0.3) is 0 Å². The third-order valence-corrected chi connectivity index (χ3v) is 4.28. The standard InChI is InChI=1S/C17H28N2O/c1-2-19-11-6-9-16(10-12-19)18-17(14-20)13-15-7-4-3-5-8-15/h3-5,7-8,16-18,20H,2,6,9-14H2,1H3. The van der Waals surface area contributed by atoms with E-state index < -0.39 is 0 Å². The predicted octanol–water partition coefficient (Wildman–Crippen LogP) is 2.05. The minimum Gasteiger partial charge on any atom is -0.395 e. The van der Waals surface area contributed by atoms with Gasteiger partial charge < -0.3 is 15.3 Å². The van der Waals surface area contributed by atoms with Crippen LogP contribution in [0, 0.1) is 0 Å². The molecule has 0 amide bonds. The van der Waals surface area contributed by atoms with E-state index in [1.54, 1.807) is 0 Å². The number of nitrogens with one attached hydrogen (secondary N) is 1. The molecule has 0 saturated carbocycles. The summed E-state index contributed by atoms with van der Waals surface area (Å²) >= 11 is 0. The van der Waals surface area contributed by atoms with Crippen LogP contribution in [0.1, 0.15) is 31.7 Å². The Morgan fingerprint density at radius 3 is 2.75 bits per heavy atom. The summed E-state index contributed by atoms with van der Waals surface area (Å²) in [5, 5.41) is 13.3. The summed E-state index contributed by atoms with van der Waals surface area (Å²) in [5.74, 6) is 0. The first-order valence-electron chi connectivity index (χ1n) is 7.95. The fourth-order valence-corrected chi connectivity index (χ4v) is 3.05. The van der Waals surface area contributed by atoms with Crippen molar-refractivity contribution in [2.75, 3.05) is 26.2 Å². The highest BCUT2D eigenvalue weighted by Gasteiger charge is 2.19. The van der Waals surface area contributed by atoms with Gasteiger partial charge in [0, 0.05) is 12.1 Å². The van der Waals surface area contributed by atoms with E-state index in [2.05, 4.69) is 41.4 Å². The second kappa shape index (κ2) is 8.40. The van der Waals surface area contributed by atoms with Crippen LogP contribution < -0.4 is 5.32 Å². The second-order valence-corrected chi connectivity index (χ2v) is 5.80. The zero-order chi connectivity index (χ0) is 14.2. The van der Waals surface area contributed by atoms with Crippen LogP contribution in [-0.4, -0.2) is 48.3 Å². The van der Waals surface area contributed by atoms with Crippen molar-refractivity contribution in [2.24, 2.45) is 0 Å². The molecule has 1 aliphatic heterocycles. The topological polar surface area (TPSA) is 35.5 Å². The van der Waals surface area contributed by atoms with Gasteiger partial charge in [-0.3, -0.25) is 0 Å². The summed E-state index contributed by atoms with van der Waals surface area (Å²) in [7, 11) is 0. The highest BCUT2D eigenvalue weighted by Crippen LogP contribution is 2.12. The zero-order valence-corrected chi connectivity index (χ0v) is 12.6. The zero-order valence-electron chi connectivity index (χ0n) is 12.6. The number of hydrogen-bond acceptors (Lipinski definition) is 3. The molecule has 1 aromatic carbocycles. The Bertz CT molecular complexity index is 369. The first-order valence-corrected chi connectivity index (χ1v) is 7.95. The normalized spacial score (nSPS) is 22.4. The molecule has 1 saturated heterocycles. The van der Waals surface area contributed by atoms with Crippen molar-refractivity contribution in [3.05, 3.63) is 35.9 Å². The quantitative estimate of drug-likeness (QED) is 0.835. The maximum absolute atomic E-state index is 9.61. The number of aliphatic hydroxyl groups excluding tert-OH is 1. The summed E-state index contributed by atoms with van der Waals surface area (Å²) < 4.78 is 0. The fraction of sp³-hybridized carbons (Fsp3) is 0.647. The smallest absolute Gasteiger partial charge is 0.0587 e. The number of likely N-dealkylation sites (tertiary alicyclic amines) is 1. The number of aliphatic hydroxyl groups is 1. The van der Waals surface area contributed by atoms with E-state index in [0.29, 0.717) is 6.04 Å². The van der Waals surface area contributed by atoms with E-state index in [-0.39, 0.29) is 12.6 Å². The van der Waals surface area contributed by atoms with Crippen molar-refractivity contribution in [3.8, 4) is 0 Å². The van der Waals surface area contributed by atoms with Crippen molar-refractivity contribution in [1.29, 1.82) is 0 Å². The van der Waals surface area contributed by atoms with Crippen LogP contribution in [0.5, 0.6) is 0 Å². The first-order chi connectivity index (χ1) is 9.81. The summed E-state index contributed by atoms with van der Waals surface area (Å²) in [6, 6.07) is 11.2. The number of rotatable bonds is 6. The monoisotopic (exact) mass is 276 g/mol. The minimum absolute atomic E-state index is 0.176. The molecule has 2 rings (SSSR count). The van der Waals surface area contributed by atoms with E-state index >= 15 is 0 Å². The van der Waals surface area contributed by atoms with E-state index in [4.69, 9.17) is 0 Å². The van der Waals surface area contributed by atoms with Crippen molar-refractivity contribution in [3.63, 3.8) is 0 Å². The lowest BCUT2D eigenvalue weighted by atomic mass is 10.0.